The van der Waals surface area contributed by atoms with E-state index in [4.69, 9.17) is 9.73 Å². The van der Waals surface area contributed by atoms with Gasteiger partial charge in [-0.05, 0) is 39.0 Å². The number of likely N-dealkylation sites (tertiary alicyclic amines) is 1. The number of hydrogen-bond acceptors (Lipinski definition) is 2. The van der Waals surface area contributed by atoms with Crippen molar-refractivity contribution in [1.82, 2.24) is 10.2 Å². The van der Waals surface area contributed by atoms with E-state index in [1.54, 1.807) is 0 Å². The molecule has 1 N–H and O–H groups in total. The van der Waals surface area contributed by atoms with Crippen LogP contribution < -0.4 is 5.32 Å². The summed E-state index contributed by atoms with van der Waals surface area (Å²) in [4.78, 5) is 7.33. The molecule has 138 valence electrons. The number of nitrogens with one attached hydrogen (secondary N) is 1. The summed E-state index contributed by atoms with van der Waals surface area (Å²) in [5.41, 5.74) is 0. The number of piperidine rings is 1. The summed E-state index contributed by atoms with van der Waals surface area (Å²) in [6.45, 7) is 13.6. The molecule has 1 fully saturated rings. The predicted octanol–water partition coefficient (Wildman–Crippen LogP) is 4.29. The van der Waals surface area contributed by atoms with Gasteiger partial charge in [0.2, 0.25) is 0 Å². The minimum atomic E-state index is 0. The molecular weight excluding hydrogens is 401 g/mol. The largest absolute Gasteiger partial charge is 0.378 e. The lowest BCUT2D eigenvalue weighted by Crippen LogP contribution is -2.47. The molecule has 1 heterocycles. The minimum absolute atomic E-state index is 0. The number of guanidine groups is 1. The quantitative estimate of drug-likeness (QED) is 0.331. The van der Waals surface area contributed by atoms with E-state index >= 15 is 0 Å². The molecule has 1 atom stereocenters. The van der Waals surface area contributed by atoms with Crippen LogP contribution in [0.3, 0.4) is 0 Å². The third-order valence-electron chi connectivity index (χ3n) is 4.52. The highest BCUT2D eigenvalue weighted by molar-refractivity contribution is 14.0. The SMILES string of the molecule is CCCCC(CC)CN=C(NCC)N1CCC(OCC)CC1.I. The van der Waals surface area contributed by atoms with Gasteiger partial charge in [0.05, 0.1) is 6.10 Å². The highest BCUT2D eigenvalue weighted by Crippen LogP contribution is 2.16. The van der Waals surface area contributed by atoms with Crippen LogP contribution in [-0.4, -0.2) is 49.7 Å². The van der Waals surface area contributed by atoms with Crippen molar-refractivity contribution in [2.45, 2.75) is 72.3 Å². The Morgan fingerprint density at radius 3 is 2.43 bits per heavy atom. The molecule has 23 heavy (non-hydrogen) atoms. The van der Waals surface area contributed by atoms with E-state index in [1.165, 1.54) is 25.7 Å². The van der Waals surface area contributed by atoms with Gasteiger partial charge in [0.25, 0.3) is 0 Å². The smallest absolute Gasteiger partial charge is 0.193 e. The summed E-state index contributed by atoms with van der Waals surface area (Å²) < 4.78 is 5.74. The van der Waals surface area contributed by atoms with Gasteiger partial charge in [-0.3, -0.25) is 4.99 Å². The molecule has 0 radical (unpaired) electrons. The molecule has 0 amide bonds. The maximum atomic E-state index is 5.74. The molecule has 0 bridgehead atoms. The molecule has 0 aromatic heterocycles. The molecule has 5 heteroatoms. The van der Waals surface area contributed by atoms with Gasteiger partial charge < -0.3 is 15.0 Å². The average molecular weight is 439 g/mol. The van der Waals surface area contributed by atoms with Crippen molar-refractivity contribution < 1.29 is 4.74 Å². The maximum Gasteiger partial charge on any atom is 0.193 e. The number of aliphatic imine (C=N–C) groups is 1. The van der Waals surface area contributed by atoms with Gasteiger partial charge in [-0.1, -0.05) is 33.1 Å². The van der Waals surface area contributed by atoms with Gasteiger partial charge in [-0.2, -0.15) is 0 Å². The van der Waals surface area contributed by atoms with Gasteiger partial charge >= 0.3 is 0 Å². The number of unbranched alkanes of at least 4 members (excludes halogenated alkanes) is 1. The summed E-state index contributed by atoms with van der Waals surface area (Å²) in [6.07, 6.45) is 7.82. The monoisotopic (exact) mass is 439 g/mol. The number of nitrogens with zero attached hydrogens (tertiary/aromatic N) is 2. The van der Waals surface area contributed by atoms with Crippen molar-refractivity contribution in [1.29, 1.82) is 0 Å². The molecule has 0 saturated carbocycles. The fourth-order valence-electron chi connectivity index (χ4n) is 3.03. The van der Waals surface area contributed by atoms with Crippen LogP contribution in [0.25, 0.3) is 0 Å². The van der Waals surface area contributed by atoms with E-state index in [1.807, 2.05) is 0 Å². The number of rotatable bonds is 9. The van der Waals surface area contributed by atoms with Crippen molar-refractivity contribution >= 4 is 29.9 Å². The van der Waals surface area contributed by atoms with Crippen molar-refractivity contribution in [2.24, 2.45) is 10.9 Å². The Kier molecular flexibility index (Phi) is 14.3. The second kappa shape index (κ2) is 14.3. The van der Waals surface area contributed by atoms with Crippen molar-refractivity contribution in [3.05, 3.63) is 0 Å². The molecule has 1 rings (SSSR count). The van der Waals surface area contributed by atoms with E-state index in [9.17, 15) is 0 Å². The average Bonchev–Trinajstić information content (AvgIpc) is 2.55. The minimum Gasteiger partial charge on any atom is -0.378 e. The van der Waals surface area contributed by atoms with Gasteiger partial charge in [0.15, 0.2) is 5.96 Å². The van der Waals surface area contributed by atoms with E-state index in [-0.39, 0.29) is 24.0 Å². The van der Waals surface area contributed by atoms with E-state index < -0.39 is 0 Å². The molecule has 0 aromatic rings. The summed E-state index contributed by atoms with van der Waals surface area (Å²) >= 11 is 0. The number of hydrogen-bond donors (Lipinski definition) is 1. The maximum absolute atomic E-state index is 5.74. The number of halogens is 1. The Hall–Kier alpha value is -0.0400. The fraction of sp³-hybridized carbons (Fsp3) is 0.944. The zero-order valence-corrected chi connectivity index (χ0v) is 18.0. The van der Waals surface area contributed by atoms with E-state index in [0.29, 0.717) is 6.10 Å². The van der Waals surface area contributed by atoms with Crippen molar-refractivity contribution in [3.63, 3.8) is 0 Å². The Morgan fingerprint density at radius 2 is 1.91 bits per heavy atom. The second-order valence-electron chi connectivity index (χ2n) is 6.25. The van der Waals surface area contributed by atoms with Crippen LogP contribution >= 0.6 is 24.0 Å². The lowest BCUT2D eigenvalue weighted by Gasteiger charge is -2.34. The molecule has 0 aliphatic carbocycles. The van der Waals surface area contributed by atoms with Crippen LogP contribution in [0.4, 0.5) is 0 Å². The zero-order chi connectivity index (χ0) is 16.2. The standard InChI is InChI=1S/C18H37N3O.HI/c1-5-9-10-16(6-2)15-20-18(19-7-3)21-13-11-17(12-14-21)22-8-4;/h16-17H,5-15H2,1-4H3,(H,19,20);1H. The Labute approximate surface area is 160 Å². The second-order valence-corrected chi connectivity index (χ2v) is 6.25. The van der Waals surface area contributed by atoms with Crippen LogP contribution in [-0.2, 0) is 4.74 Å². The molecular formula is C18H38IN3O. The normalized spacial score (nSPS) is 17.7. The molecule has 1 aliphatic heterocycles. The Bertz CT molecular complexity index is 305. The molecule has 1 saturated heterocycles. The summed E-state index contributed by atoms with van der Waals surface area (Å²) in [5.74, 6) is 1.84. The first-order chi connectivity index (χ1) is 10.7. The van der Waals surface area contributed by atoms with Gasteiger partial charge in [-0.25, -0.2) is 0 Å². The first-order valence-corrected chi connectivity index (χ1v) is 9.39. The van der Waals surface area contributed by atoms with Crippen LogP contribution in [0.2, 0.25) is 0 Å². The van der Waals surface area contributed by atoms with Crippen LogP contribution in [0.5, 0.6) is 0 Å². The molecule has 1 unspecified atom stereocenters. The summed E-state index contributed by atoms with van der Waals surface area (Å²) in [6, 6.07) is 0. The Balaban J connectivity index is 0.00000484. The van der Waals surface area contributed by atoms with Crippen LogP contribution in [0.15, 0.2) is 4.99 Å². The van der Waals surface area contributed by atoms with E-state index in [0.717, 1.165) is 57.5 Å². The lowest BCUT2D eigenvalue weighted by atomic mass is 10.00. The topological polar surface area (TPSA) is 36.9 Å². The highest BCUT2D eigenvalue weighted by atomic mass is 127. The van der Waals surface area contributed by atoms with Crippen molar-refractivity contribution in [2.75, 3.05) is 32.8 Å². The van der Waals surface area contributed by atoms with Gasteiger partial charge in [0.1, 0.15) is 0 Å². The lowest BCUT2D eigenvalue weighted by molar-refractivity contribution is 0.0263. The Morgan fingerprint density at radius 1 is 1.22 bits per heavy atom. The third kappa shape index (κ3) is 9.13. The molecule has 0 spiro atoms. The summed E-state index contributed by atoms with van der Waals surface area (Å²) in [7, 11) is 0. The first kappa shape index (κ1) is 23.0. The highest BCUT2D eigenvalue weighted by Gasteiger charge is 2.21. The van der Waals surface area contributed by atoms with Crippen molar-refractivity contribution in [3.8, 4) is 0 Å². The summed E-state index contributed by atoms with van der Waals surface area (Å²) in [5, 5.41) is 3.47. The fourth-order valence-corrected chi connectivity index (χ4v) is 3.03. The third-order valence-corrected chi connectivity index (χ3v) is 4.52. The van der Waals surface area contributed by atoms with Crippen LogP contribution in [0, 0.1) is 5.92 Å². The van der Waals surface area contributed by atoms with Crippen LogP contribution in [0.1, 0.15) is 66.2 Å². The first-order valence-electron chi connectivity index (χ1n) is 9.39. The van der Waals surface area contributed by atoms with E-state index in [2.05, 4.69) is 37.9 Å². The zero-order valence-electron chi connectivity index (χ0n) is 15.6. The van der Waals surface area contributed by atoms with Gasteiger partial charge in [-0.15, -0.1) is 24.0 Å². The predicted molar refractivity (Wildman–Crippen MR) is 111 cm³/mol. The number of ether oxygens (including phenoxy) is 1. The van der Waals surface area contributed by atoms with Gasteiger partial charge in [0, 0.05) is 32.8 Å². The molecule has 1 aliphatic rings. The molecule has 0 aromatic carbocycles. The molecule has 4 nitrogen and oxygen atoms in total.